The van der Waals surface area contributed by atoms with Gasteiger partial charge in [-0.1, -0.05) is 38.1 Å². The minimum absolute atomic E-state index is 0.240. The quantitative estimate of drug-likeness (QED) is 0.913. The number of aryl methyl sites for hydroxylation is 1. The van der Waals surface area contributed by atoms with Crippen molar-refractivity contribution in [3.05, 3.63) is 47.5 Å². The predicted octanol–water partition coefficient (Wildman–Crippen LogP) is 2.80. The average molecular weight is 276 g/mol. The van der Waals surface area contributed by atoms with Gasteiger partial charge in [-0.2, -0.15) is 0 Å². The van der Waals surface area contributed by atoms with Crippen LogP contribution in [-0.2, 0) is 12.0 Å². The van der Waals surface area contributed by atoms with Crippen molar-refractivity contribution in [1.29, 1.82) is 0 Å². The van der Waals surface area contributed by atoms with Gasteiger partial charge in [0.2, 0.25) is 0 Å². The van der Waals surface area contributed by atoms with E-state index in [1.165, 1.54) is 12.1 Å². The standard InChI is InChI=1S/C15H21FN4/c1-4-9-20-13(10-18-19-20)14(17)15(2,3)11-5-7-12(16)8-6-11/h5-8,10,14H,4,9,17H2,1-3H3. The van der Waals surface area contributed by atoms with Gasteiger partial charge in [0.05, 0.1) is 17.9 Å². The Hall–Kier alpha value is -1.75. The predicted molar refractivity (Wildman–Crippen MR) is 76.7 cm³/mol. The minimum Gasteiger partial charge on any atom is -0.322 e. The summed E-state index contributed by atoms with van der Waals surface area (Å²) >= 11 is 0. The Balaban J connectivity index is 2.32. The fourth-order valence-corrected chi connectivity index (χ4v) is 2.32. The third kappa shape index (κ3) is 2.72. The summed E-state index contributed by atoms with van der Waals surface area (Å²) in [6.07, 6.45) is 2.69. The molecule has 0 bridgehead atoms. The van der Waals surface area contributed by atoms with Crippen molar-refractivity contribution in [2.75, 3.05) is 0 Å². The van der Waals surface area contributed by atoms with Crippen LogP contribution >= 0.6 is 0 Å². The number of hydrogen-bond donors (Lipinski definition) is 1. The van der Waals surface area contributed by atoms with Gasteiger partial charge in [0.1, 0.15) is 5.82 Å². The first-order chi connectivity index (χ1) is 9.46. The second-order valence-electron chi connectivity index (χ2n) is 5.59. The molecule has 0 aliphatic rings. The molecule has 2 rings (SSSR count). The monoisotopic (exact) mass is 276 g/mol. The zero-order chi connectivity index (χ0) is 14.8. The lowest BCUT2D eigenvalue weighted by atomic mass is 9.77. The molecule has 2 N–H and O–H groups in total. The van der Waals surface area contributed by atoms with Crippen LogP contribution in [0.3, 0.4) is 0 Å². The van der Waals surface area contributed by atoms with Crippen LogP contribution in [0.25, 0.3) is 0 Å². The lowest BCUT2D eigenvalue weighted by Crippen LogP contribution is -2.35. The minimum atomic E-state index is -0.332. The number of nitrogens with zero attached hydrogens (tertiary/aromatic N) is 3. The summed E-state index contributed by atoms with van der Waals surface area (Å²) in [6.45, 7) is 6.98. The molecule has 0 aliphatic carbocycles. The SMILES string of the molecule is CCCn1nncc1C(N)C(C)(C)c1ccc(F)cc1. The van der Waals surface area contributed by atoms with Gasteiger partial charge in [-0.3, -0.25) is 0 Å². The largest absolute Gasteiger partial charge is 0.322 e. The molecule has 0 saturated heterocycles. The Bertz CT molecular complexity index is 560. The summed E-state index contributed by atoms with van der Waals surface area (Å²) in [4.78, 5) is 0. The van der Waals surface area contributed by atoms with E-state index in [-0.39, 0.29) is 17.3 Å². The highest BCUT2D eigenvalue weighted by molar-refractivity contribution is 5.28. The van der Waals surface area contributed by atoms with Gasteiger partial charge in [0, 0.05) is 12.0 Å². The van der Waals surface area contributed by atoms with Crippen LogP contribution in [0.2, 0.25) is 0 Å². The van der Waals surface area contributed by atoms with Crippen LogP contribution in [0.15, 0.2) is 30.5 Å². The molecule has 1 heterocycles. The summed E-state index contributed by atoms with van der Waals surface area (Å²) in [5.74, 6) is -0.240. The van der Waals surface area contributed by atoms with Crippen molar-refractivity contribution >= 4 is 0 Å². The smallest absolute Gasteiger partial charge is 0.123 e. The van der Waals surface area contributed by atoms with Gasteiger partial charge in [0.25, 0.3) is 0 Å². The highest BCUT2D eigenvalue weighted by Crippen LogP contribution is 2.34. The molecule has 0 aliphatic heterocycles. The lowest BCUT2D eigenvalue weighted by molar-refractivity contribution is 0.389. The maximum Gasteiger partial charge on any atom is 0.123 e. The van der Waals surface area contributed by atoms with Gasteiger partial charge in [-0.25, -0.2) is 9.07 Å². The van der Waals surface area contributed by atoms with Crippen molar-refractivity contribution in [2.24, 2.45) is 5.73 Å². The summed E-state index contributed by atoms with van der Waals surface area (Å²) in [5.41, 5.74) is 7.99. The summed E-state index contributed by atoms with van der Waals surface area (Å²) < 4.78 is 14.9. The molecule has 1 atom stereocenters. The second kappa shape index (κ2) is 5.71. The molecule has 5 heteroatoms. The number of hydrogen-bond acceptors (Lipinski definition) is 3. The van der Waals surface area contributed by atoms with E-state index in [1.807, 2.05) is 18.5 Å². The Morgan fingerprint density at radius 3 is 2.55 bits per heavy atom. The molecule has 0 saturated carbocycles. The molecule has 0 radical (unpaired) electrons. The van der Waals surface area contributed by atoms with Crippen LogP contribution in [0, 0.1) is 5.82 Å². The van der Waals surface area contributed by atoms with E-state index in [0.717, 1.165) is 24.2 Å². The molecule has 0 amide bonds. The maximum absolute atomic E-state index is 13.1. The van der Waals surface area contributed by atoms with Crippen molar-refractivity contribution < 1.29 is 4.39 Å². The molecule has 4 nitrogen and oxygen atoms in total. The van der Waals surface area contributed by atoms with E-state index in [4.69, 9.17) is 5.73 Å². The number of benzene rings is 1. The summed E-state index contributed by atoms with van der Waals surface area (Å²) in [5, 5.41) is 8.03. The Labute approximate surface area is 118 Å². The number of aromatic nitrogens is 3. The van der Waals surface area contributed by atoms with Crippen LogP contribution < -0.4 is 5.73 Å². The van der Waals surface area contributed by atoms with E-state index in [9.17, 15) is 4.39 Å². The van der Waals surface area contributed by atoms with Crippen molar-refractivity contribution in [3.63, 3.8) is 0 Å². The first kappa shape index (κ1) is 14.7. The zero-order valence-electron chi connectivity index (χ0n) is 12.2. The molecular weight excluding hydrogens is 255 g/mol. The van der Waals surface area contributed by atoms with Gasteiger partial charge in [-0.05, 0) is 24.1 Å². The highest BCUT2D eigenvalue weighted by atomic mass is 19.1. The van der Waals surface area contributed by atoms with Gasteiger partial charge in [-0.15, -0.1) is 5.10 Å². The Kier molecular flexibility index (Phi) is 4.18. The third-order valence-electron chi connectivity index (χ3n) is 3.77. The second-order valence-corrected chi connectivity index (χ2v) is 5.59. The van der Waals surface area contributed by atoms with E-state index < -0.39 is 0 Å². The molecule has 1 aromatic heterocycles. The van der Waals surface area contributed by atoms with Crippen molar-refractivity contribution in [1.82, 2.24) is 15.0 Å². The van der Waals surface area contributed by atoms with E-state index in [0.29, 0.717) is 0 Å². The highest BCUT2D eigenvalue weighted by Gasteiger charge is 2.32. The molecule has 20 heavy (non-hydrogen) atoms. The average Bonchev–Trinajstić information content (AvgIpc) is 2.87. The number of halogens is 1. The van der Waals surface area contributed by atoms with Crippen molar-refractivity contribution in [2.45, 2.75) is 45.2 Å². The van der Waals surface area contributed by atoms with Crippen molar-refractivity contribution in [3.8, 4) is 0 Å². The normalized spacial score (nSPS) is 13.4. The fraction of sp³-hybridized carbons (Fsp3) is 0.467. The topological polar surface area (TPSA) is 56.7 Å². The molecule has 108 valence electrons. The molecule has 0 fully saturated rings. The summed E-state index contributed by atoms with van der Waals surface area (Å²) in [7, 11) is 0. The number of rotatable bonds is 5. The van der Waals surface area contributed by atoms with E-state index in [2.05, 4.69) is 17.2 Å². The van der Waals surface area contributed by atoms with Crippen LogP contribution in [0.5, 0.6) is 0 Å². The van der Waals surface area contributed by atoms with Gasteiger partial charge >= 0.3 is 0 Å². The maximum atomic E-state index is 13.1. The first-order valence-electron chi connectivity index (χ1n) is 6.86. The van der Waals surface area contributed by atoms with Crippen LogP contribution in [0.4, 0.5) is 4.39 Å². The zero-order valence-corrected chi connectivity index (χ0v) is 12.2. The summed E-state index contributed by atoms with van der Waals surface area (Å²) in [6, 6.07) is 6.23. The van der Waals surface area contributed by atoms with Crippen LogP contribution in [-0.4, -0.2) is 15.0 Å². The Morgan fingerprint density at radius 1 is 1.30 bits per heavy atom. The van der Waals surface area contributed by atoms with Gasteiger partial charge < -0.3 is 5.73 Å². The molecule has 1 unspecified atom stereocenters. The molecule has 2 aromatic rings. The fourth-order valence-electron chi connectivity index (χ4n) is 2.32. The third-order valence-corrected chi connectivity index (χ3v) is 3.77. The molecular formula is C15H21FN4. The Morgan fingerprint density at radius 2 is 1.95 bits per heavy atom. The first-order valence-corrected chi connectivity index (χ1v) is 6.86. The van der Waals surface area contributed by atoms with E-state index >= 15 is 0 Å². The van der Waals surface area contributed by atoms with E-state index in [1.54, 1.807) is 18.3 Å². The lowest BCUT2D eigenvalue weighted by Gasteiger charge is -2.32. The van der Waals surface area contributed by atoms with Gasteiger partial charge in [0.15, 0.2) is 0 Å². The molecule has 1 aromatic carbocycles. The molecule has 0 spiro atoms. The van der Waals surface area contributed by atoms with Crippen LogP contribution in [0.1, 0.15) is 44.5 Å². The number of nitrogens with two attached hydrogens (primary N) is 1.